The molecular weight excluding hydrogens is 384 g/mol. The number of thiazole rings is 1. The molecule has 0 spiro atoms. The molecule has 7 heteroatoms. The van der Waals surface area contributed by atoms with Crippen molar-refractivity contribution in [1.82, 2.24) is 14.4 Å². The molecule has 0 aliphatic heterocycles. The smallest absolute Gasteiger partial charge is 0.190 e. The van der Waals surface area contributed by atoms with Crippen LogP contribution in [0.15, 0.2) is 54.2 Å². The monoisotopic (exact) mass is 402 g/mol. The maximum Gasteiger partial charge on any atom is 0.190 e. The highest BCUT2D eigenvalue weighted by molar-refractivity contribution is 7.10. The highest BCUT2D eigenvalue weighted by atomic mass is 32.1. The van der Waals surface area contributed by atoms with Gasteiger partial charge in [-0.3, -0.25) is 4.79 Å². The number of nitriles is 1. The van der Waals surface area contributed by atoms with Crippen LogP contribution < -0.4 is 4.74 Å². The van der Waals surface area contributed by atoms with Crippen molar-refractivity contribution in [1.29, 1.82) is 5.26 Å². The van der Waals surface area contributed by atoms with Crippen molar-refractivity contribution in [3.63, 3.8) is 0 Å². The van der Waals surface area contributed by atoms with E-state index in [-0.39, 0.29) is 12.4 Å². The lowest BCUT2D eigenvalue weighted by Crippen LogP contribution is -2.13. The zero-order valence-electron chi connectivity index (χ0n) is 16.0. The van der Waals surface area contributed by atoms with Crippen LogP contribution in [0.1, 0.15) is 38.2 Å². The largest absolute Gasteiger partial charge is 0.486 e. The lowest BCUT2D eigenvalue weighted by Gasteiger charge is -2.11. The standard InChI is InChI=1S/C22H18N4O2S/c1-14-7-8-20-25-16(11-26(20)10-14)12-28-19-6-4-3-5-17(19)21(27)18(9-23)22-24-15(2)13-29-22/h3-8,10-11,13,18H,12H2,1-2H3. The van der Waals surface area contributed by atoms with Gasteiger partial charge in [-0.1, -0.05) is 18.2 Å². The van der Waals surface area contributed by atoms with Gasteiger partial charge in [0.1, 0.15) is 23.0 Å². The molecule has 3 aromatic heterocycles. The summed E-state index contributed by atoms with van der Waals surface area (Å²) < 4.78 is 7.86. The maximum absolute atomic E-state index is 13.0. The molecule has 0 bridgehead atoms. The number of benzene rings is 1. The number of fused-ring (bicyclic) bond motifs is 1. The van der Waals surface area contributed by atoms with Gasteiger partial charge in [-0.2, -0.15) is 5.26 Å². The Bertz CT molecular complexity index is 1240. The Morgan fingerprint density at radius 1 is 1.21 bits per heavy atom. The molecule has 0 aliphatic carbocycles. The van der Waals surface area contributed by atoms with Crippen LogP contribution in [0, 0.1) is 25.2 Å². The Hall–Kier alpha value is -3.50. The fourth-order valence-corrected chi connectivity index (χ4v) is 3.90. The van der Waals surface area contributed by atoms with Crippen molar-refractivity contribution >= 4 is 22.8 Å². The summed E-state index contributed by atoms with van der Waals surface area (Å²) in [5.74, 6) is -0.834. The summed E-state index contributed by atoms with van der Waals surface area (Å²) in [6, 6.07) is 13.0. The van der Waals surface area contributed by atoms with Crippen molar-refractivity contribution in [2.24, 2.45) is 0 Å². The number of carbonyl (C=O) groups is 1. The van der Waals surface area contributed by atoms with Gasteiger partial charge in [0.05, 0.1) is 17.3 Å². The summed E-state index contributed by atoms with van der Waals surface area (Å²) in [5, 5.41) is 11.9. The second kappa shape index (κ2) is 7.86. The van der Waals surface area contributed by atoms with Gasteiger partial charge < -0.3 is 9.14 Å². The van der Waals surface area contributed by atoms with Gasteiger partial charge in [0.25, 0.3) is 0 Å². The summed E-state index contributed by atoms with van der Waals surface area (Å²) in [7, 11) is 0. The van der Waals surface area contributed by atoms with Crippen molar-refractivity contribution in [3.8, 4) is 11.8 Å². The minimum absolute atomic E-state index is 0.221. The number of ketones is 1. The van der Waals surface area contributed by atoms with E-state index in [1.165, 1.54) is 11.3 Å². The summed E-state index contributed by atoms with van der Waals surface area (Å²) in [4.78, 5) is 21.9. The lowest BCUT2D eigenvalue weighted by atomic mass is 9.98. The fraction of sp³-hybridized carbons (Fsp3) is 0.182. The molecule has 144 valence electrons. The van der Waals surface area contributed by atoms with Crippen LogP contribution in [-0.4, -0.2) is 20.2 Å². The normalized spacial score (nSPS) is 11.9. The van der Waals surface area contributed by atoms with Gasteiger partial charge in [-0.25, -0.2) is 9.97 Å². The number of imidazole rings is 1. The molecule has 0 fully saturated rings. The van der Waals surface area contributed by atoms with Crippen molar-refractivity contribution in [2.75, 3.05) is 0 Å². The number of Topliss-reactive ketones (excluding diaryl/α,β-unsaturated/α-hetero) is 1. The number of rotatable bonds is 6. The van der Waals surface area contributed by atoms with E-state index >= 15 is 0 Å². The zero-order valence-corrected chi connectivity index (χ0v) is 16.8. The highest BCUT2D eigenvalue weighted by Gasteiger charge is 2.27. The van der Waals surface area contributed by atoms with Crippen LogP contribution >= 0.6 is 11.3 Å². The molecule has 0 radical (unpaired) electrons. The first-order valence-electron chi connectivity index (χ1n) is 9.07. The molecule has 6 nitrogen and oxygen atoms in total. The molecule has 0 N–H and O–H groups in total. The molecule has 4 aromatic rings. The number of nitrogens with zero attached hydrogens (tertiary/aromatic N) is 4. The maximum atomic E-state index is 13.0. The van der Waals surface area contributed by atoms with E-state index in [2.05, 4.69) is 16.0 Å². The zero-order chi connectivity index (χ0) is 20.4. The van der Waals surface area contributed by atoms with Crippen LogP contribution in [0.5, 0.6) is 5.75 Å². The van der Waals surface area contributed by atoms with Crippen LogP contribution in [0.25, 0.3) is 5.65 Å². The number of para-hydroxylation sites is 1. The van der Waals surface area contributed by atoms with Gasteiger partial charge in [-0.05, 0) is 37.6 Å². The molecule has 0 aliphatic rings. The van der Waals surface area contributed by atoms with Crippen LogP contribution in [0.4, 0.5) is 0 Å². The molecule has 29 heavy (non-hydrogen) atoms. The second-order valence-corrected chi connectivity index (χ2v) is 7.63. The van der Waals surface area contributed by atoms with Gasteiger partial charge in [-0.15, -0.1) is 11.3 Å². The second-order valence-electron chi connectivity index (χ2n) is 6.74. The number of aryl methyl sites for hydroxylation is 2. The Labute approximate surface area is 172 Å². The van der Waals surface area contributed by atoms with Crippen LogP contribution in [0.2, 0.25) is 0 Å². The molecule has 3 heterocycles. The van der Waals surface area contributed by atoms with Crippen LogP contribution in [-0.2, 0) is 6.61 Å². The summed E-state index contributed by atoms with van der Waals surface area (Å²) >= 11 is 1.32. The van der Waals surface area contributed by atoms with Crippen LogP contribution in [0.3, 0.4) is 0 Å². The SMILES string of the molecule is Cc1ccc2nc(COc3ccccc3C(=O)C(C#N)c3nc(C)cs3)cn2c1. The molecule has 1 aromatic carbocycles. The number of pyridine rings is 1. The Morgan fingerprint density at radius 3 is 2.79 bits per heavy atom. The number of carbonyl (C=O) groups excluding carboxylic acids is 1. The predicted octanol–water partition coefficient (Wildman–Crippen LogP) is 4.48. The van der Waals surface area contributed by atoms with Crippen molar-refractivity contribution < 1.29 is 9.53 Å². The third kappa shape index (κ3) is 3.89. The number of ether oxygens (including phenoxy) is 1. The first-order valence-corrected chi connectivity index (χ1v) is 9.95. The minimum Gasteiger partial charge on any atom is -0.486 e. The van der Waals surface area contributed by atoms with E-state index in [0.717, 1.165) is 22.6 Å². The molecule has 1 atom stereocenters. The molecule has 4 rings (SSSR count). The first kappa shape index (κ1) is 18.8. The fourth-order valence-electron chi connectivity index (χ4n) is 3.06. The molecule has 1 unspecified atom stereocenters. The first-order chi connectivity index (χ1) is 14.0. The van der Waals surface area contributed by atoms with E-state index in [1.807, 2.05) is 48.2 Å². The Balaban J connectivity index is 1.57. The summed E-state index contributed by atoms with van der Waals surface area (Å²) in [6.45, 7) is 4.08. The third-order valence-electron chi connectivity index (χ3n) is 4.45. The number of hydrogen-bond acceptors (Lipinski definition) is 6. The number of aromatic nitrogens is 3. The topological polar surface area (TPSA) is 80.3 Å². The van der Waals surface area contributed by atoms with E-state index in [0.29, 0.717) is 16.3 Å². The molecule has 0 saturated heterocycles. The Kier molecular flexibility index (Phi) is 5.10. The minimum atomic E-state index is -0.948. The molecular formula is C22H18N4O2S. The number of hydrogen-bond donors (Lipinski definition) is 0. The van der Waals surface area contributed by atoms with Gasteiger partial charge in [0.15, 0.2) is 11.7 Å². The lowest BCUT2D eigenvalue weighted by molar-refractivity contribution is 0.0974. The van der Waals surface area contributed by atoms with E-state index in [9.17, 15) is 10.1 Å². The van der Waals surface area contributed by atoms with Crippen molar-refractivity contribution in [2.45, 2.75) is 26.4 Å². The van der Waals surface area contributed by atoms with Gasteiger partial charge in [0, 0.05) is 23.5 Å². The third-order valence-corrected chi connectivity index (χ3v) is 5.48. The summed E-state index contributed by atoms with van der Waals surface area (Å²) in [6.07, 6.45) is 3.90. The van der Waals surface area contributed by atoms with Crippen molar-refractivity contribution in [3.05, 3.63) is 81.7 Å². The van der Waals surface area contributed by atoms with Gasteiger partial charge >= 0.3 is 0 Å². The molecule has 0 amide bonds. The highest BCUT2D eigenvalue weighted by Crippen LogP contribution is 2.28. The average Bonchev–Trinajstić information content (AvgIpc) is 3.32. The quantitative estimate of drug-likeness (QED) is 0.444. The summed E-state index contributed by atoms with van der Waals surface area (Å²) in [5.41, 5.74) is 3.89. The Morgan fingerprint density at radius 2 is 2.03 bits per heavy atom. The van der Waals surface area contributed by atoms with E-state index < -0.39 is 5.92 Å². The van der Waals surface area contributed by atoms with E-state index in [4.69, 9.17) is 4.74 Å². The average molecular weight is 402 g/mol. The van der Waals surface area contributed by atoms with E-state index in [1.54, 1.807) is 24.3 Å². The molecule has 0 saturated carbocycles. The predicted molar refractivity (Wildman–Crippen MR) is 110 cm³/mol. The van der Waals surface area contributed by atoms with Gasteiger partial charge in [0.2, 0.25) is 0 Å².